The van der Waals surface area contributed by atoms with Crippen LogP contribution in [0.25, 0.3) is 0 Å². The number of imide groups is 1. The Kier molecular flexibility index (Phi) is 5.80. The zero-order valence-corrected chi connectivity index (χ0v) is 20.3. The van der Waals surface area contributed by atoms with Crippen LogP contribution >= 0.6 is 11.3 Å². The van der Waals surface area contributed by atoms with Gasteiger partial charge in [-0.25, -0.2) is 4.79 Å². The monoisotopic (exact) mass is 491 g/mol. The van der Waals surface area contributed by atoms with Crippen molar-refractivity contribution in [3.05, 3.63) is 80.8 Å². The van der Waals surface area contributed by atoms with Crippen molar-refractivity contribution < 1.29 is 23.9 Å². The van der Waals surface area contributed by atoms with Gasteiger partial charge in [-0.15, -0.1) is 11.3 Å². The summed E-state index contributed by atoms with van der Waals surface area (Å²) in [5.41, 5.74) is 2.86. The van der Waals surface area contributed by atoms with E-state index in [0.29, 0.717) is 24.9 Å². The number of aromatic nitrogens is 1. The highest BCUT2D eigenvalue weighted by molar-refractivity contribution is 7.09. The van der Waals surface area contributed by atoms with Crippen molar-refractivity contribution in [2.45, 2.75) is 38.8 Å². The van der Waals surface area contributed by atoms with Gasteiger partial charge in [-0.3, -0.25) is 19.3 Å². The number of aryl methyl sites for hydroxylation is 2. The molecule has 1 spiro atoms. The average molecular weight is 492 g/mol. The second-order valence-electron chi connectivity index (χ2n) is 8.92. The molecule has 1 atom stereocenters. The van der Waals surface area contributed by atoms with Crippen molar-refractivity contribution >= 4 is 35.0 Å². The molecule has 1 aliphatic heterocycles. The molecule has 3 amide bonds. The highest BCUT2D eigenvalue weighted by Crippen LogP contribution is 2.41. The summed E-state index contributed by atoms with van der Waals surface area (Å²) < 4.78 is 7.23. The van der Waals surface area contributed by atoms with Crippen LogP contribution in [-0.4, -0.2) is 46.3 Å². The lowest BCUT2D eigenvalue weighted by Crippen LogP contribution is -2.42. The fraction of sp³-hybridized carbons (Fsp3) is 0.308. The predicted molar refractivity (Wildman–Crippen MR) is 129 cm³/mol. The zero-order chi connectivity index (χ0) is 24.7. The smallest absolute Gasteiger partial charge is 0.326 e. The van der Waals surface area contributed by atoms with E-state index in [9.17, 15) is 19.2 Å². The maximum Gasteiger partial charge on any atom is 0.326 e. The molecule has 35 heavy (non-hydrogen) atoms. The average Bonchev–Trinajstić information content (AvgIpc) is 3.60. The largest absolute Gasteiger partial charge is 0.456 e. The third kappa shape index (κ3) is 3.95. The number of ether oxygens (including phenoxy) is 1. The summed E-state index contributed by atoms with van der Waals surface area (Å²) in [6, 6.07) is 12.7. The molecule has 1 fully saturated rings. The van der Waals surface area contributed by atoms with Gasteiger partial charge in [0.15, 0.2) is 6.61 Å². The van der Waals surface area contributed by atoms with Crippen LogP contribution in [-0.2, 0) is 32.8 Å². The molecule has 0 bridgehead atoms. The Hall–Kier alpha value is -3.72. The van der Waals surface area contributed by atoms with Crippen LogP contribution in [0, 0.1) is 13.8 Å². The molecule has 1 aromatic carbocycles. The highest BCUT2D eigenvalue weighted by atomic mass is 32.1. The van der Waals surface area contributed by atoms with Crippen molar-refractivity contribution in [3.63, 3.8) is 0 Å². The maximum atomic E-state index is 13.2. The van der Waals surface area contributed by atoms with Crippen molar-refractivity contribution in [2.75, 3.05) is 13.2 Å². The number of ketones is 1. The lowest BCUT2D eigenvalue weighted by molar-refractivity contribution is -0.146. The van der Waals surface area contributed by atoms with E-state index in [1.165, 1.54) is 4.88 Å². The molecule has 0 radical (unpaired) electrons. The Bertz CT molecular complexity index is 1340. The van der Waals surface area contributed by atoms with Gasteiger partial charge in [-0.1, -0.05) is 30.3 Å². The number of rotatable bonds is 7. The molecular formula is C26H25N3O5S. The van der Waals surface area contributed by atoms with E-state index >= 15 is 0 Å². The number of carbonyl (C=O) groups is 4. The number of fused-ring (bicyclic) bond motifs is 2. The van der Waals surface area contributed by atoms with Gasteiger partial charge in [0, 0.05) is 21.8 Å². The summed E-state index contributed by atoms with van der Waals surface area (Å²) in [6.45, 7) is 3.46. The maximum absolute atomic E-state index is 13.2. The number of thiophene rings is 1. The molecule has 2 aliphatic rings. The quantitative estimate of drug-likeness (QED) is 0.311. The van der Waals surface area contributed by atoms with Crippen LogP contribution in [0.5, 0.6) is 0 Å². The van der Waals surface area contributed by atoms with E-state index in [1.54, 1.807) is 17.4 Å². The van der Waals surface area contributed by atoms with Crippen LogP contribution in [0.3, 0.4) is 0 Å². The number of carbonyl (C=O) groups excluding carboxylic acids is 4. The van der Waals surface area contributed by atoms with E-state index in [0.717, 1.165) is 27.4 Å². The molecular weight excluding hydrogens is 466 g/mol. The lowest BCUT2D eigenvalue weighted by atomic mass is 9.92. The molecule has 5 rings (SSSR count). The summed E-state index contributed by atoms with van der Waals surface area (Å²) in [5.74, 6) is -1.60. The first-order chi connectivity index (χ1) is 16.8. The SMILES string of the molecule is Cc1cc(C(=O)COC(=O)CN2C(=O)NC3(CCc4ccccc43)C2=O)c(C)n1Cc1cccs1. The third-order valence-electron chi connectivity index (χ3n) is 6.84. The summed E-state index contributed by atoms with van der Waals surface area (Å²) >= 11 is 1.65. The van der Waals surface area contributed by atoms with Crippen LogP contribution < -0.4 is 5.32 Å². The van der Waals surface area contributed by atoms with Gasteiger partial charge in [-0.2, -0.15) is 0 Å². The fourth-order valence-corrected chi connectivity index (χ4v) is 5.71. The molecule has 0 saturated carbocycles. The predicted octanol–water partition coefficient (Wildman–Crippen LogP) is 3.33. The molecule has 1 saturated heterocycles. The fourth-order valence-electron chi connectivity index (χ4n) is 5.02. The van der Waals surface area contributed by atoms with Gasteiger partial charge in [0.05, 0.1) is 6.54 Å². The van der Waals surface area contributed by atoms with Crippen LogP contribution in [0.15, 0.2) is 47.8 Å². The number of benzene rings is 1. The van der Waals surface area contributed by atoms with E-state index in [2.05, 4.69) is 5.32 Å². The van der Waals surface area contributed by atoms with Gasteiger partial charge in [0.25, 0.3) is 5.91 Å². The first kappa shape index (κ1) is 23.0. The molecule has 8 nitrogen and oxygen atoms in total. The number of nitrogens with one attached hydrogen (secondary N) is 1. The summed E-state index contributed by atoms with van der Waals surface area (Å²) in [5, 5.41) is 4.78. The van der Waals surface area contributed by atoms with Gasteiger partial charge in [0.1, 0.15) is 12.1 Å². The minimum Gasteiger partial charge on any atom is -0.456 e. The van der Waals surface area contributed by atoms with Gasteiger partial charge in [0.2, 0.25) is 5.78 Å². The van der Waals surface area contributed by atoms with Crippen molar-refractivity contribution in [1.29, 1.82) is 0 Å². The Labute approximate surface area is 206 Å². The molecule has 180 valence electrons. The summed E-state index contributed by atoms with van der Waals surface area (Å²) in [6.07, 6.45) is 1.11. The molecule has 1 unspecified atom stereocenters. The number of urea groups is 1. The van der Waals surface area contributed by atoms with Crippen molar-refractivity contribution in [2.24, 2.45) is 0 Å². The van der Waals surface area contributed by atoms with E-state index < -0.39 is 36.6 Å². The molecule has 1 N–H and O–H groups in total. The molecule has 3 heterocycles. The number of hydrogen-bond donors (Lipinski definition) is 1. The Balaban J connectivity index is 1.22. The van der Waals surface area contributed by atoms with Crippen LogP contribution in [0.4, 0.5) is 4.79 Å². The number of hydrogen-bond acceptors (Lipinski definition) is 6. The number of nitrogens with zero attached hydrogens (tertiary/aromatic N) is 2. The Morgan fingerprint density at radius 2 is 1.94 bits per heavy atom. The molecule has 2 aromatic heterocycles. The minimum absolute atomic E-state index is 0.331. The first-order valence-corrected chi connectivity index (χ1v) is 12.3. The zero-order valence-electron chi connectivity index (χ0n) is 19.5. The lowest BCUT2D eigenvalue weighted by Gasteiger charge is -2.22. The van der Waals surface area contributed by atoms with E-state index in [-0.39, 0.29) is 5.78 Å². The van der Waals surface area contributed by atoms with Gasteiger partial charge >= 0.3 is 12.0 Å². The standard InChI is InChI=1S/C26H25N3O5S/c1-16-12-20(17(2)28(16)13-19-7-5-11-35-19)22(30)15-34-23(31)14-29-24(32)26(27-25(29)33)10-9-18-6-3-4-8-21(18)26/h3-8,11-12H,9-10,13-15H2,1-2H3,(H,27,33). The first-order valence-electron chi connectivity index (χ1n) is 11.4. The normalized spacial score (nSPS) is 18.7. The second kappa shape index (κ2) is 8.81. The Morgan fingerprint density at radius 1 is 1.14 bits per heavy atom. The second-order valence-corrected chi connectivity index (χ2v) is 9.95. The van der Waals surface area contributed by atoms with Gasteiger partial charge in [-0.05, 0) is 55.3 Å². The number of esters is 1. The van der Waals surface area contributed by atoms with Crippen LogP contribution in [0.2, 0.25) is 0 Å². The van der Waals surface area contributed by atoms with Crippen molar-refractivity contribution in [3.8, 4) is 0 Å². The van der Waals surface area contributed by atoms with Crippen molar-refractivity contribution in [1.82, 2.24) is 14.8 Å². The molecule has 3 aromatic rings. The summed E-state index contributed by atoms with van der Waals surface area (Å²) in [7, 11) is 0. The van der Waals surface area contributed by atoms with E-state index in [1.807, 2.05) is 60.2 Å². The number of Topliss-reactive ketones (excluding diaryl/α,β-unsaturated/α-hetero) is 1. The molecule has 1 aliphatic carbocycles. The Morgan fingerprint density at radius 3 is 2.71 bits per heavy atom. The highest BCUT2D eigenvalue weighted by Gasteiger charge is 2.55. The molecule has 9 heteroatoms. The van der Waals surface area contributed by atoms with E-state index in [4.69, 9.17) is 4.74 Å². The summed E-state index contributed by atoms with van der Waals surface area (Å²) in [4.78, 5) is 53.1. The minimum atomic E-state index is -1.14. The topological polar surface area (TPSA) is 97.7 Å². The number of amides is 3. The van der Waals surface area contributed by atoms with Gasteiger partial charge < -0.3 is 14.6 Å². The third-order valence-corrected chi connectivity index (χ3v) is 7.70. The van der Waals surface area contributed by atoms with Crippen LogP contribution in [0.1, 0.15) is 44.2 Å².